The van der Waals surface area contributed by atoms with Gasteiger partial charge in [0.2, 0.25) is 0 Å². The summed E-state index contributed by atoms with van der Waals surface area (Å²) in [5.74, 6) is -1.16. The quantitative estimate of drug-likeness (QED) is 0.915. The first-order valence-corrected chi connectivity index (χ1v) is 6.72. The fraction of sp³-hybridized carbons (Fsp3) is 0.235. The highest BCUT2D eigenvalue weighted by atomic mass is 19.1. The van der Waals surface area contributed by atoms with Crippen LogP contribution in [-0.2, 0) is 4.79 Å². The Balaban J connectivity index is 2.43. The lowest BCUT2D eigenvalue weighted by Gasteiger charge is -2.12. The number of halogens is 1. The van der Waals surface area contributed by atoms with Gasteiger partial charge in [-0.2, -0.15) is 0 Å². The summed E-state index contributed by atoms with van der Waals surface area (Å²) in [5, 5.41) is 8.99. The van der Waals surface area contributed by atoms with Crippen molar-refractivity contribution >= 4 is 5.97 Å². The van der Waals surface area contributed by atoms with Crippen LogP contribution in [0, 0.1) is 5.82 Å². The average Bonchev–Trinajstić information content (AvgIpc) is 2.53. The zero-order valence-corrected chi connectivity index (χ0v) is 12.6. The molecule has 1 N–H and O–H groups in total. The third kappa shape index (κ3) is 3.03. The van der Waals surface area contributed by atoms with Crippen molar-refractivity contribution in [2.24, 2.45) is 0 Å². The minimum Gasteiger partial charge on any atom is -0.493 e. The van der Waals surface area contributed by atoms with Crippen molar-refractivity contribution in [1.29, 1.82) is 0 Å². The predicted molar refractivity (Wildman–Crippen MR) is 81.0 cm³/mol. The van der Waals surface area contributed by atoms with Crippen molar-refractivity contribution in [3.63, 3.8) is 0 Å². The molecule has 2 rings (SSSR count). The Kier molecular flexibility index (Phi) is 4.65. The monoisotopic (exact) mass is 304 g/mol. The van der Waals surface area contributed by atoms with Crippen LogP contribution in [0.25, 0.3) is 11.1 Å². The lowest BCUT2D eigenvalue weighted by atomic mass is 9.97. The molecule has 0 radical (unpaired) electrons. The Morgan fingerprint density at radius 2 is 1.77 bits per heavy atom. The van der Waals surface area contributed by atoms with Crippen molar-refractivity contribution in [3.8, 4) is 22.6 Å². The van der Waals surface area contributed by atoms with E-state index in [-0.39, 0.29) is 0 Å². The molecule has 116 valence electrons. The number of carboxylic acid groups (broad SMARTS) is 1. The van der Waals surface area contributed by atoms with E-state index >= 15 is 0 Å². The maximum absolute atomic E-state index is 14.3. The predicted octanol–water partition coefficient (Wildman–Crippen LogP) is 3.70. The minimum atomic E-state index is -0.988. The van der Waals surface area contributed by atoms with Crippen molar-refractivity contribution in [3.05, 3.63) is 47.8 Å². The molecule has 0 aliphatic carbocycles. The first kappa shape index (κ1) is 15.8. The minimum absolute atomic E-state index is 0.377. The summed E-state index contributed by atoms with van der Waals surface area (Å²) in [6.07, 6.45) is 0. The second kappa shape index (κ2) is 6.47. The number of rotatable bonds is 5. The third-order valence-corrected chi connectivity index (χ3v) is 3.56. The zero-order valence-electron chi connectivity index (χ0n) is 12.6. The number of benzene rings is 2. The van der Waals surface area contributed by atoms with Crippen molar-refractivity contribution in [2.45, 2.75) is 12.8 Å². The normalized spacial score (nSPS) is 11.8. The van der Waals surface area contributed by atoms with Crippen LogP contribution in [0.15, 0.2) is 36.4 Å². The Hall–Kier alpha value is -2.56. The summed E-state index contributed by atoms with van der Waals surface area (Å²) < 4.78 is 24.7. The Morgan fingerprint density at radius 3 is 2.32 bits per heavy atom. The van der Waals surface area contributed by atoms with Gasteiger partial charge in [-0.25, -0.2) is 4.39 Å². The van der Waals surface area contributed by atoms with E-state index in [0.717, 1.165) is 0 Å². The summed E-state index contributed by atoms with van der Waals surface area (Å²) in [6, 6.07) is 9.54. The van der Waals surface area contributed by atoms with E-state index in [1.165, 1.54) is 27.2 Å². The van der Waals surface area contributed by atoms with Gasteiger partial charge in [-0.1, -0.05) is 18.2 Å². The van der Waals surface area contributed by atoms with E-state index < -0.39 is 17.7 Å². The number of hydrogen-bond acceptors (Lipinski definition) is 3. The molecule has 0 fully saturated rings. The van der Waals surface area contributed by atoms with Gasteiger partial charge < -0.3 is 14.6 Å². The van der Waals surface area contributed by atoms with Crippen molar-refractivity contribution in [1.82, 2.24) is 0 Å². The molecular weight excluding hydrogens is 287 g/mol. The molecule has 2 aromatic carbocycles. The molecule has 22 heavy (non-hydrogen) atoms. The van der Waals surface area contributed by atoms with E-state index in [1.807, 2.05) is 0 Å². The summed E-state index contributed by atoms with van der Waals surface area (Å²) in [5.41, 5.74) is 1.43. The van der Waals surface area contributed by atoms with Gasteiger partial charge in [-0.3, -0.25) is 4.79 Å². The van der Waals surface area contributed by atoms with Gasteiger partial charge >= 0.3 is 5.97 Å². The van der Waals surface area contributed by atoms with Crippen molar-refractivity contribution in [2.75, 3.05) is 14.2 Å². The van der Waals surface area contributed by atoms with Gasteiger partial charge in [0, 0.05) is 5.56 Å². The average molecular weight is 304 g/mol. The van der Waals surface area contributed by atoms with Crippen molar-refractivity contribution < 1.29 is 23.8 Å². The Bertz CT molecular complexity index is 697. The lowest BCUT2D eigenvalue weighted by Crippen LogP contribution is -2.07. The van der Waals surface area contributed by atoms with Gasteiger partial charge in [0.25, 0.3) is 0 Å². The lowest BCUT2D eigenvalue weighted by molar-refractivity contribution is -0.138. The van der Waals surface area contributed by atoms with E-state index in [4.69, 9.17) is 14.6 Å². The van der Waals surface area contributed by atoms with Crippen LogP contribution in [0.4, 0.5) is 4.39 Å². The SMILES string of the molecule is COc1ccc(-c2ccc(C(C)C(=O)O)cc2F)cc1OC. The fourth-order valence-electron chi connectivity index (χ4n) is 2.18. The molecule has 0 bridgehead atoms. The Labute approximate surface area is 128 Å². The molecule has 1 atom stereocenters. The van der Waals surface area contributed by atoms with Gasteiger partial charge in [0.15, 0.2) is 11.5 Å². The molecule has 1 unspecified atom stereocenters. The summed E-state index contributed by atoms with van der Waals surface area (Å²) in [6.45, 7) is 1.52. The second-order valence-corrected chi connectivity index (χ2v) is 4.87. The number of methoxy groups -OCH3 is 2. The summed E-state index contributed by atoms with van der Waals surface area (Å²) in [7, 11) is 3.04. The van der Waals surface area contributed by atoms with E-state index in [0.29, 0.717) is 28.2 Å². The smallest absolute Gasteiger partial charge is 0.310 e. The molecule has 2 aromatic rings. The summed E-state index contributed by atoms with van der Waals surface area (Å²) in [4.78, 5) is 11.0. The molecule has 0 aliphatic rings. The highest BCUT2D eigenvalue weighted by Crippen LogP contribution is 2.34. The van der Waals surface area contributed by atoms with Crippen LogP contribution in [0.2, 0.25) is 0 Å². The molecule has 0 saturated heterocycles. The molecular formula is C17H17FO4. The zero-order chi connectivity index (χ0) is 16.3. The molecule has 4 nitrogen and oxygen atoms in total. The fourth-order valence-corrected chi connectivity index (χ4v) is 2.18. The second-order valence-electron chi connectivity index (χ2n) is 4.87. The van der Waals surface area contributed by atoms with Crippen LogP contribution in [0.3, 0.4) is 0 Å². The largest absolute Gasteiger partial charge is 0.493 e. The molecule has 5 heteroatoms. The van der Waals surface area contributed by atoms with Gasteiger partial charge in [-0.15, -0.1) is 0 Å². The first-order chi connectivity index (χ1) is 10.5. The van der Waals surface area contributed by atoms with E-state index in [1.54, 1.807) is 30.3 Å². The van der Waals surface area contributed by atoms with Gasteiger partial charge in [0.05, 0.1) is 20.1 Å². The van der Waals surface area contributed by atoms with Gasteiger partial charge in [-0.05, 0) is 36.2 Å². The topological polar surface area (TPSA) is 55.8 Å². The van der Waals surface area contributed by atoms with E-state index in [2.05, 4.69) is 0 Å². The number of hydrogen-bond donors (Lipinski definition) is 1. The standard InChI is InChI=1S/C17H17FO4/c1-10(17(19)20)11-4-6-13(14(18)8-11)12-5-7-15(21-2)16(9-12)22-3/h4-10H,1-3H3,(H,19,20). The molecule has 0 saturated carbocycles. The van der Waals surface area contributed by atoms with Crippen LogP contribution < -0.4 is 9.47 Å². The van der Waals surface area contributed by atoms with E-state index in [9.17, 15) is 9.18 Å². The molecule has 0 aliphatic heterocycles. The Morgan fingerprint density at radius 1 is 1.09 bits per heavy atom. The van der Waals surface area contributed by atoms with Crippen LogP contribution >= 0.6 is 0 Å². The highest BCUT2D eigenvalue weighted by Gasteiger charge is 2.16. The number of carbonyl (C=O) groups is 1. The van der Waals surface area contributed by atoms with Crippen LogP contribution in [0.1, 0.15) is 18.4 Å². The molecule has 0 heterocycles. The number of ether oxygens (including phenoxy) is 2. The number of carboxylic acids is 1. The molecule has 0 spiro atoms. The maximum Gasteiger partial charge on any atom is 0.310 e. The third-order valence-electron chi connectivity index (χ3n) is 3.56. The van der Waals surface area contributed by atoms with Crippen LogP contribution in [-0.4, -0.2) is 25.3 Å². The molecule has 0 amide bonds. The van der Waals surface area contributed by atoms with Gasteiger partial charge in [0.1, 0.15) is 5.82 Å². The number of aliphatic carboxylic acids is 1. The molecule has 0 aromatic heterocycles. The maximum atomic E-state index is 14.3. The summed E-state index contributed by atoms with van der Waals surface area (Å²) >= 11 is 0. The first-order valence-electron chi connectivity index (χ1n) is 6.72. The van der Waals surface area contributed by atoms with Crippen LogP contribution in [0.5, 0.6) is 11.5 Å². The highest BCUT2D eigenvalue weighted by molar-refractivity contribution is 5.76.